The Labute approximate surface area is 183 Å². The second kappa shape index (κ2) is 8.80. The van der Waals surface area contributed by atoms with Gasteiger partial charge in [0.2, 0.25) is 10.0 Å². The highest BCUT2D eigenvalue weighted by Gasteiger charge is 2.33. The molecule has 1 unspecified atom stereocenters. The first-order valence-electron chi connectivity index (χ1n) is 10.5. The summed E-state index contributed by atoms with van der Waals surface area (Å²) >= 11 is 0. The number of aryl methyl sites for hydroxylation is 2. The average Bonchev–Trinajstić information content (AvgIpc) is 3.13. The lowest BCUT2D eigenvalue weighted by atomic mass is 9.95. The number of pyridine rings is 1. The van der Waals surface area contributed by atoms with Gasteiger partial charge in [-0.2, -0.15) is 9.40 Å². The van der Waals surface area contributed by atoms with Crippen molar-refractivity contribution in [3.05, 3.63) is 71.3 Å². The molecule has 0 bridgehead atoms. The molecule has 1 fully saturated rings. The maximum Gasteiger partial charge on any atom is 0.246 e. The van der Waals surface area contributed by atoms with Crippen LogP contribution in [0.4, 0.5) is 0 Å². The van der Waals surface area contributed by atoms with Crippen LogP contribution in [0.1, 0.15) is 41.4 Å². The summed E-state index contributed by atoms with van der Waals surface area (Å²) in [6, 6.07) is 13.9. The van der Waals surface area contributed by atoms with E-state index in [2.05, 4.69) is 5.10 Å². The number of hydrogen-bond donors (Lipinski definition) is 0. The highest BCUT2D eigenvalue weighted by molar-refractivity contribution is 7.89. The van der Waals surface area contributed by atoms with Gasteiger partial charge in [0.05, 0.1) is 12.8 Å². The number of aromatic nitrogens is 3. The maximum absolute atomic E-state index is 13.2. The van der Waals surface area contributed by atoms with E-state index in [4.69, 9.17) is 9.72 Å². The van der Waals surface area contributed by atoms with E-state index in [0.29, 0.717) is 25.2 Å². The summed E-state index contributed by atoms with van der Waals surface area (Å²) in [4.78, 5) is 5.17. The summed E-state index contributed by atoms with van der Waals surface area (Å²) in [5.74, 6) is 0.912. The second-order valence-electron chi connectivity index (χ2n) is 8.00. The van der Waals surface area contributed by atoms with Gasteiger partial charge >= 0.3 is 0 Å². The first-order chi connectivity index (χ1) is 14.9. The molecule has 1 aromatic carbocycles. The maximum atomic E-state index is 13.2. The number of piperidine rings is 1. The van der Waals surface area contributed by atoms with E-state index < -0.39 is 10.0 Å². The van der Waals surface area contributed by atoms with Crippen LogP contribution in [-0.4, -0.2) is 47.7 Å². The third-order valence-corrected chi connectivity index (χ3v) is 7.75. The molecular formula is C23H28N4O3S. The van der Waals surface area contributed by atoms with Crippen molar-refractivity contribution in [1.82, 2.24) is 19.1 Å². The number of rotatable bonds is 6. The van der Waals surface area contributed by atoms with Crippen LogP contribution in [0.2, 0.25) is 0 Å². The molecular weight excluding hydrogens is 412 g/mol. The number of sulfonamides is 1. The van der Waals surface area contributed by atoms with Crippen molar-refractivity contribution in [2.24, 2.45) is 7.05 Å². The lowest BCUT2D eigenvalue weighted by Gasteiger charge is -2.31. The molecule has 0 radical (unpaired) electrons. The fraction of sp³-hybridized carbons (Fsp3) is 0.391. The van der Waals surface area contributed by atoms with Crippen LogP contribution >= 0.6 is 0 Å². The summed E-state index contributed by atoms with van der Waals surface area (Å²) in [7, 11) is -0.166. The van der Waals surface area contributed by atoms with Crippen LogP contribution in [-0.2, 0) is 23.5 Å². The monoisotopic (exact) mass is 440 g/mol. The fourth-order valence-corrected chi connectivity index (χ4v) is 5.96. The number of hydrogen-bond acceptors (Lipinski definition) is 5. The summed E-state index contributed by atoms with van der Waals surface area (Å²) in [5, 5.41) is 4.20. The Hall–Kier alpha value is -2.71. The molecule has 1 atom stereocenters. The van der Waals surface area contributed by atoms with Crippen LogP contribution < -0.4 is 4.74 Å². The average molecular weight is 441 g/mol. The fourth-order valence-electron chi connectivity index (χ4n) is 4.24. The Balaban J connectivity index is 1.55. The van der Waals surface area contributed by atoms with E-state index in [0.717, 1.165) is 35.5 Å². The van der Waals surface area contributed by atoms with E-state index in [1.807, 2.05) is 42.5 Å². The zero-order chi connectivity index (χ0) is 22.0. The zero-order valence-electron chi connectivity index (χ0n) is 18.2. The van der Waals surface area contributed by atoms with Crippen molar-refractivity contribution < 1.29 is 13.2 Å². The highest BCUT2D eigenvalue weighted by atomic mass is 32.2. The number of benzene rings is 1. The normalized spacial score (nSPS) is 17.6. The standard InChI is InChI=1S/C23H28N4O3S/c1-17-23(16-26(2)25-17)31(28,29)27-13-7-9-19(15-27)21-11-6-10-20(24-21)14-18-8-4-5-12-22(18)30-3/h4-6,8,10-12,16,19H,7,9,13-15H2,1-3H3. The molecule has 0 N–H and O–H groups in total. The number of methoxy groups -OCH3 is 1. The summed E-state index contributed by atoms with van der Waals surface area (Å²) in [6.07, 6.45) is 3.98. The van der Waals surface area contributed by atoms with Gasteiger partial charge in [-0.15, -0.1) is 0 Å². The molecule has 7 nitrogen and oxygen atoms in total. The van der Waals surface area contributed by atoms with Crippen molar-refractivity contribution in [2.45, 2.75) is 37.0 Å². The molecule has 3 aromatic rings. The van der Waals surface area contributed by atoms with Crippen LogP contribution in [0.25, 0.3) is 0 Å². The minimum absolute atomic E-state index is 0.0677. The molecule has 1 saturated heterocycles. The van der Waals surface area contributed by atoms with E-state index >= 15 is 0 Å². The Morgan fingerprint density at radius 3 is 2.71 bits per heavy atom. The predicted octanol–water partition coefficient (Wildman–Crippen LogP) is 3.29. The smallest absolute Gasteiger partial charge is 0.246 e. The van der Waals surface area contributed by atoms with E-state index in [1.165, 1.54) is 0 Å². The summed E-state index contributed by atoms with van der Waals surface area (Å²) in [5.41, 5.74) is 3.50. The van der Waals surface area contributed by atoms with Gasteiger partial charge in [-0.3, -0.25) is 9.67 Å². The minimum Gasteiger partial charge on any atom is -0.496 e. The Bertz CT molecular complexity index is 1170. The molecule has 1 aliphatic rings. The van der Waals surface area contributed by atoms with Crippen molar-refractivity contribution in [3.63, 3.8) is 0 Å². The summed E-state index contributed by atoms with van der Waals surface area (Å²) < 4.78 is 35.0. The van der Waals surface area contributed by atoms with Gasteiger partial charge in [0.1, 0.15) is 10.6 Å². The van der Waals surface area contributed by atoms with E-state index in [1.54, 1.807) is 36.3 Å². The first kappa shape index (κ1) is 21.5. The zero-order valence-corrected chi connectivity index (χ0v) is 19.0. The first-order valence-corrected chi connectivity index (χ1v) is 11.9. The van der Waals surface area contributed by atoms with Crippen LogP contribution in [0.5, 0.6) is 5.75 Å². The van der Waals surface area contributed by atoms with E-state index in [9.17, 15) is 8.42 Å². The number of nitrogens with zero attached hydrogens (tertiary/aromatic N) is 4. The molecule has 8 heteroatoms. The SMILES string of the molecule is COc1ccccc1Cc1cccc(C2CCCN(S(=O)(=O)c3cn(C)nc3C)C2)n1. The van der Waals surface area contributed by atoms with Gasteiger partial charge in [0.25, 0.3) is 0 Å². The van der Waals surface area contributed by atoms with Crippen LogP contribution in [0.15, 0.2) is 53.6 Å². The molecule has 0 aliphatic carbocycles. The Kier molecular flexibility index (Phi) is 6.11. The lowest BCUT2D eigenvalue weighted by molar-refractivity contribution is 0.312. The predicted molar refractivity (Wildman–Crippen MR) is 119 cm³/mol. The Morgan fingerprint density at radius 1 is 1.16 bits per heavy atom. The van der Waals surface area contributed by atoms with Gasteiger partial charge in [0.15, 0.2) is 0 Å². The minimum atomic E-state index is -3.57. The molecule has 4 rings (SSSR count). The topological polar surface area (TPSA) is 77.3 Å². The van der Waals surface area contributed by atoms with Crippen molar-refractivity contribution >= 4 is 10.0 Å². The second-order valence-corrected chi connectivity index (χ2v) is 9.90. The van der Waals surface area contributed by atoms with Crippen molar-refractivity contribution in [2.75, 3.05) is 20.2 Å². The van der Waals surface area contributed by atoms with Gasteiger partial charge in [-0.25, -0.2) is 8.42 Å². The van der Waals surface area contributed by atoms with Crippen LogP contribution in [0, 0.1) is 6.92 Å². The van der Waals surface area contributed by atoms with Crippen LogP contribution in [0.3, 0.4) is 0 Å². The molecule has 0 amide bonds. The Morgan fingerprint density at radius 2 is 1.97 bits per heavy atom. The van der Waals surface area contributed by atoms with Crippen molar-refractivity contribution in [1.29, 1.82) is 0 Å². The van der Waals surface area contributed by atoms with E-state index in [-0.39, 0.29) is 10.8 Å². The molecule has 1 aliphatic heterocycles. The van der Waals surface area contributed by atoms with Gasteiger partial charge in [-0.05, 0) is 38.0 Å². The quantitative estimate of drug-likeness (QED) is 0.588. The number of para-hydroxylation sites is 1. The van der Waals surface area contributed by atoms with Gasteiger partial charge in [0, 0.05) is 55.6 Å². The third-order valence-electron chi connectivity index (χ3n) is 5.78. The molecule has 2 aromatic heterocycles. The largest absolute Gasteiger partial charge is 0.496 e. The van der Waals surface area contributed by atoms with Gasteiger partial charge in [-0.1, -0.05) is 24.3 Å². The third kappa shape index (κ3) is 4.50. The lowest BCUT2D eigenvalue weighted by Crippen LogP contribution is -2.39. The molecule has 0 saturated carbocycles. The number of ether oxygens (including phenoxy) is 1. The molecule has 164 valence electrons. The van der Waals surface area contributed by atoms with Gasteiger partial charge < -0.3 is 4.74 Å². The highest BCUT2D eigenvalue weighted by Crippen LogP contribution is 2.30. The molecule has 0 spiro atoms. The summed E-state index contributed by atoms with van der Waals surface area (Å²) in [6.45, 7) is 2.69. The molecule has 31 heavy (non-hydrogen) atoms. The molecule has 3 heterocycles. The van der Waals surface area contributed by atoms with Crippen molar-refractivity contribution in [3.8, 4) is 5.75 Å².